The van der Waals surface area contributed by atoms with Gasteiger partial charge in [-0.1, -0.05) is 0 Å². The molecule has 1 amide bonds. The summed E-state index contributed by atoms with van der Waals surface area (Å²) in [5, 5.41) is 2.75. The normalized spacial score (nSPS) is 11.3. The SMILES string of the molecule is CC(=O)NCCn1c(C)cc(C(=O)OC(C)(C)C)c1C. The molecule has 0 aliphatic carbocycles. The lowest BCUT2D eigenvalue weighted by molar-refractivity contribution is -0.119. The first-order valence-electron chi connectivity index (χ1n) is 6.76. The van der Waals surface area contributed by atoms with Gasteiger partial charge in [0.1, 0.15) is 5.60 Å². The monoisotopic (exact) mass is 280 g/mol. The molecule has 0 bridgehead atoms. The molecule has 5 nitrogen and oxygen atoms in total. The summed E-state index contributed by atoms with van der Waals surface area (Å²) in [5.74, 6) is -0.365. The molecule has 20 heavy (non-hydrogen) atoms. The van der Waals surface area contributed by atoms with Crippen LogP contribution >= 0.6 is 0 Å². The number of ether oxygens (including phenoxy) is 1. The second kappa shape index (κ2) is 6.11. The molecule has 0 atom stereocenters. The molecule has 0 fully saturated rings. The van der Waals surface area contributed by atoms with E-state index in [4.69, 9.17) is 4.74 Å². The van der Waals surface area contributed by atoms with Gasteiger partial charge in [-0.05, 0) is 40.7 Å². The van der Waals surface area contributed by atoms with Crippen molar-refractivity contribution in [1.82, 2.24) is 9.88 Å². The minimum atomic E-state index is -0.504. The van der Waals surface area contributed by atoms with Crippen molar-refractivity contribution < 1.29 is 14.3 Å². The van der Waals surface area contributed by atoms with E-state index in [0.717, 1.165) is 11.4 Å². The van der Waals surface area contributed by atoms with E-state index >= 15 is 0 Å². The zero-order valence-electron chi connectivity index (χ0n) is 13.2. The van der Waals surface area contributed by atoms with Gasteiger partial charge in [-0.25, -0.2) is 4.79 Å². The Bertz CT molecular complexity index is 510. The van der Waals surface area contributed by atoms with E-state index in [1.54, 1.807) is 0 Å². The fraction of sp³-hybridized carbons (Fsp3) is 0.600. The van der Waals surface area contributed by atoms with Crippen LogP contribution in [0.3, 0.4) is 0 Å². The Morgan fingerprint density at radius 2 is 1.90 bits per heavy atom. The molecule has 0 aromatic carbocycles. The van der Waals surface area contributed by atoms with Crippen molar-refractivity contribution in [2.75, 3.05) is 6.54 Å². The van der Waals surface area contributed by atoms with Gasteiger partial charge in [0.2, 0.25) is 5.91 Å². The highest BCUT2D eigenvalue weighted by molar-refractivity contribution is 5.91. The molecule has 0 saturated carbocycles. The van der Waals surface area contributed by atoms with Gasteiger partial charge in [-0.15, -0.1) is 0 Å². The van der Waals surface area contributed by atoms with Crippen LogP contribution in [0.5, 0.6) is 0 Å². The van der Waals surface area contributed by atoms with Gasteiger partial charge in [0, 0.05) is 31.4 Å². The van der Waals surface area contributed by atoms with Gasteiger partial charge < -0.3 is 14.6 Å². The van der Waals surface area contributed by atoms with Crippen LogP contribution in [0.2, 0.25) is 0 Å². The molecule has 0 aliphatic rings. The van der Waals surface area contributed by atoms with E-state index in [-0.39, 0.29) is 11.9 Å². The fourth-order valence-corrected chi connectivity index (χ4v) is 2.03. The molecule has 1 aromatic heterocycles. The fourth-order valence-electron chi connectivity index (χ4n) is 2.03. The topological polar surface area (TPSA) is 60.3 Å². The second-order valence-electron chi connectivity index (χ2n) is 5.92. The van der Waals surface area contributed by atoms with Crippen LogP contribution in [0.15, 0.2) is 6.07 Å². The van der Waals surface area contributed by atoms with E-state index in [9.17, 15) is 9.59 Å². The highest BCUT2D eigenvalue weighted by Gasteiger charge is 2.22. The maximum atomic E-state index is 12.1. The Balaban J connectivity index is 2.86. The highest BCUT2D eigenvalue weighted by Crippen LogP contribution is 2.19. The molecular weight excluding hydrogens is 256 g/mol. The van der Waals surface area contributed by atoms with E-state index in [1.165, 1.54) is 6.92 Å². The number of esters is 1. The van der Waals surface area contributed by atoms with Crippen molar-refractivity contribution in [3.63, 3.8) is 0 Å². The number of carbonyl (C=O) groups excluding carboxylic acids is 2. The van der Waals surface area contributed by atoms with Crippen molar-refractivity contribution in [2.24, 2.45) is 0 Å². The average molecular weight is 280 g/mol. The Morgan fingerprint density at radius 1 is 1.30 bits per heavy atom. The van der Waals surface area contributed by atoms with Gasteiger partial charge in [0.05, 0.1) is 5.56 Å². The zero-order chi connectivity index (χ0) is 15.5. The van der Waals surface area contributed by atoms with Gasteiger partial charge >= 0.3 is 5.97 Å². The number of carbonyl (C=O) groups is 2. The summed E-state index contributed by atoms with van der Waals surface area (Å²) in [5.41, 5.74) is 1.92. The standard InChI is InChI=1S/C15H24N2O3/c1-10-9-13(14(19)20-15(4,5)6)11(2)17(10)8-7-16-12(3)18/h9H,7-8H2,1-6H3,(H,16,18). The Hall–Kier alpha value is -1.78. The molecule has 0 spiro atoms. The number of nitrogens with zero attached hydrogens (tertiary/aromatic N) is 1. The Labute approximate surface area is 120 Å². The highest BCUT2D eigenvalue weighted by atomic mass is 16.6. The van der Waals surface area contributed by atoms with Crippen molar-refractivity contribution in [3.05, 3.63) is 23.0 Å². The summed E-state index contributed by atoms with van der Waals surface area (Å²) in [4.78, 5) is 23.0. The number of nitrogens with one attached hydrogen (secondary N) is 1. The van der Waals surface area contributed by atoms with Crippen molar-refractivity contribution >= 4 is 11.9 Å². The van der Waals surface area contributed by atoms with Gasteiger partial charge in [-0.2, -0.15) is 0 Å². The summed E-state index contributed by atoms with van der Waals surface area (Å²) in [6, 6.07) is 1.83. The van der Waals surface area contributed by atoms with E-state index in [1.807, 2.05) is 45.3 Å². The third-order valence-corrected chi connectivity index (χ3v) is 2.90. The number of hydrogen-bond donors (Lipinski definition) is 1. The third kappa shape index (κ3) is 4.40. The second-order valence-corrected chi connectivity index (χ2v) is 5.92. The summed E-state index contributed by atoms with van der Waals surface area (Å²) >= 11 is 0. The molecule has 1 heterocycles. The van der Waals surface area contributed by atoms with Gasteiger partial charge in [-0.3, -0.25) is 4.79 Å². The molecule has 1 N–H and O–H groups in total. The summed E-state index contributed by atoms with van der Waals surface area (Å²) in [7, 11) is 0. The molecule has 1 rings (SSSR count). The minimum absolute atomic E-state index is 0.0557. The van der Waals surface area contributed by atoms with Crippen LogP contribution in [0.4, 0.5) is 0 Å². The molecule has 1 aromatic rings. The van der Waals surface area contributed by atoms with Crippen LogP contribution < -0.4 is 5.32 Å². The number of aryl methyl sites for hydroxylation is 1. The van der Waals surface area contributed by atoms with E-state index < -0.39 is 5.60 Å². The number of rotatable bonds is 4. The zero-order valence-corrected chi connectivity index (χ0v) is 13.2. The molecule has 0 unspecified atom stereocenters. The largest absolute Gasteiger partial charge is 0.456 e. The van der Waals surface area contributed by atoms with Gasteiger partial charge in [0.25, 0.3) is 0 Å². The number of aromatic nitrogens is 1. The van der Waals surface area contributed by atoms with E-state index in [0.29, 0.717) is 18.7 Å². The predicted molar refractivity (Wildman–Crippen MR) is 77.8 cm³/mol. The van der Waals surface area contributed by atoms with Crippen molar-refractivity contribution in [2.45, 2.75) is 53.7 Å². The van der Waals surface area contributed by atoms with Crippen LogP contribution in [-0.2, 0) is 16.1 Å². The first-order valence-corrected chi connectivity index (χ1v) is 6.76. The van der Waals surface area contributed by atoms with Crippen molar-refractivity contribution in [3.8, 4) is 0 Å². The third-order valence-electron chi connectivity index (χ3n) is 2.90. The molecule has 0 aliphatic heterocycles. The lowest BCUT2D eigenvalue weighted by Crippen LogP contribution is -2.26. The smallest absolute Gasteiger partial charge is 0.340 e. The molecule has 0 radical (unpaired) electrons. The number of hydrogen-bond acceptors (Lipinski definition) is 3. The first-order chi connectivity index (χ1) is 9.11. The average Bonchev–Trinajstić information content (AvgIpc) is 2.54. The maximum absolute atomic E-state index is 12.1. The van der Waals surface area contributed by atoms with E-state index in [2.05, 4.69) is 5.32 Å². The van der Waals surface area contributed by atoms with Crippen LogP contribution in [0, 0.1) is 13.8 Å². The van der Waals surface area contributed by atoms with Crippen molar-refractivity contribution in [1.29, 1.82) is 0 Å². The Kier molecular flexibility index (Phi) is 4.98. The quantitative estimate of drug-likeness (QED) is 0.860. The summed E-state index contributed by atoms with van der Waals surface area (Å²) in [6.07, 6.45) is 0. The molecule has 0 saturated heterocycles. The number of amides is 1. The lowest BCUT2D eigenvalue weighted by atomic mass is 10.2. The molecule has 112 valence electrons. The maximum Gasteiger partial charge on any atom is 0.340 e. The summed E-state index contributed by atoms with van der Waals surface area (Å²) < 4.78 is 7.40. The first kappa shape index (κ1) is 16.3. The summed E-state index contributed by atoms with van der Waals surface area (Å²) in [6.45, 7) is 12.0. The van der Waals surface area contributed by atoms with Crippen LogP contribution in [-0.4, -0.2) is 28.6 Å². The van der Waals surface area contributed by atoms with Gasteiger partial charge in [0.15, 0.2) is 0 Å². The lowest BCUT2D eigenvalue weighted by Gasteiger charge is -2.19. The molecule has 5 heteroatoms. The minimum Gasteiger partial charge on any atom is -0.456 e. The Morgan fingerprint density at radius 3 is 2.40 bits per heavy atom. The van der Waals surface area contributed by atoms with Crippen LogP contribution in [0.25, 0.3) is 0 Å². The van der Waals surface area contributed by atoms with Crippen LogP contribution in [0.1, 0.15) is 49.4 Å². The molecular formula is C15H24N2O3. The predicted octanol–water partition coefficient (Wildman–Crippen LogP) is 2.20.